The summed E-state index contributed by atoms with van der Waals surface area (Å²) in [7, 11) is 0. The minimum Gasteiger partial charge on any atom is -0.324 e. The molecule has 0 saturated carbocycles. The Morgan fingerprint density at radius 3 is 2.68 bits per heavy atom. The number of rotatable bonds is 3. The fourth-order valence-electron chi connectivity index (χ4n) is 2.01. The second-order valence-corrected chi connectivity index (χ2v) is 5.87. The van der Waals surface area contributed by atoms with Gasteiger partial charge in [0.15, 0.2) is 0 Å². The van der Waals surface area contributed by atoms with Crippen LogP contribution in [0.5, 0.6) is 0 Å². The van der Waals surface area contributed by atoms with Crippen LogP contribution in [0.2, 0.25) is 5.02 Å². The van der Waals surface area contributed by atoms with Gasteiger partial charge in [0.2, 0.25) is 0 Å². The van der Waals surface area contributed by atoms with E-state index in [1.54, 1.807) is 6.07 Å². The van der Waals surface area contributed by atoms with E-state index >= 15 is 0 Å². The van der Waals surface area contributed by atoms with Gasteiger partial charge in [-0.25, -0.2) is 4.39 Å². The molecule has 1 nitrogen and oxygen atoms in total. The van der Waals surface area contributed by atoms with Crippen LogP contribution in [-0.4, -0.2) is 0 Å². The lowest BCUT2D eigenvalue weighted by Gasteiger charge is -2.15. The molecule has 2 aromatic carbocycles. The van der Waals surface area contributed by atoms with Crippen molar-refractivity contribution in [3.8, 4) is 0 Å². The van der Waals surface area contributed by atoms with Gasteiger partial charge in [0.1, 0.15) is 5.82 Å². The minimum absolute atomic E-state index is 0.241. The predicted octanol–water partition coefficient (Wildman–Crippen LogP) is 4.79. The summed E-state index contributed by atoms with van der Waals surface area (Å²) in [5.74, 6) is -0.241. The Morgan fingerprint density at radius 2 is 2.00 bits per heavy atom. The summed E-state index contributed by atoms with van der Waals surface area (Å²) in [6.45, 7) is 1.95. The van der Waals surface area contributed by atoms with Gasteiger partial charge in [0.25, 0.3) is 0 Å². The van der Waals surface area contributed by atoms with E-state index in [1.165, 1.54) is 12.1 Å². The minimum atomic E-state index is -0.249. The zero-order valence-electron chi connectivity index (χ0n) is 10.5. The quantitative estimate of drug-likeness (QED) is 0.852. The number of hydrogen-bond donors (Lipinski definition) is 1. The van der Waals surface area contributed by atoms with E-state index in [2.05, 4.69) is 15.9 Å². The van der Waals surface area contributed by atoms with Crippen molar-refractivity contribution in [3.63, 3.8) is 0 Å². The van der Waals surface area contributed by atoms with Crippen molar-refractivity contribution in [2.45, 2.75) is 19.4 Å². The van der Waals surface area contributed by atoms with Crippen molar-refractivity contribution in [2.24, 2.45) is 5.73 Å². The molecule has 0 fully saturated rings. The van der Waals surface area contributed by atoms with Crippen LogP contribution >= 0.6 is 27.5 Å². The van der Waals surface area contributed by atoms with Crippen molar-refractivity contribution in [3.05, 3.63) is 68.4 Å². The predicted molar refractivity (Wildman–Crippen MR) is 80.9 cm³/mol. The van der Waals surface area contributed by atoms with Crippen LogP contribution in [0.4, 0.5) is 4.39 Å². The van der Waals surface area contributed by atoms with Crippen LogP contribution in [0.3, 0.4) is 0 Å². The zero-order chi connectivity index (χ0) is 14.0. The molecule has 0 aromatic heterocycles. The van der Waals surface area contributed by atoms with Crippen LogP contribution in [-0.2, 0) is 6.42 Å². The van der Waals surface area contributed by atoms with Gasteiger partial charge in [-0.3, -0.25) is 0 Å². The van der Waals surface area contributed by atoms with Gasteiger partial charge < -0.3 is 5.73 Å². The smallest absolute Gasteiger partial charge is 0.123 e. The number of benzene rings is 2. The fourth-order valence-corrected chi connectivity index (χ4v) is 2.82. The molecule has 0 spiro atoms. The molecule has 0 aliphatic rings. The van der Waals surface area contributed by atoms with E-state index in [9.17, 15) is 4.39 Å². The summed E-state index contributed by atoms with van der Waals surface area (Å²) in [4.78, 5) is 0. The van der Waals surface area contributed by atoms with Crippen molar-refractivity contribution in [1.82, 2.24) is 0 Å². The molecular weight excluding hydrogens is 329 g/mol. The van der Waals surface area contributed by atoms with Gasteiger partial charge in [-0.05, 0) is 54.3 Å². The first-order chi connectivity index (χ1) is 8.97. The van der Waals surface area contributed by atoms with E-state index in [4.69, 9.17) is 17.3 Å². The normalized spacial score (nSPS) is 12.5. The summed E-state index contributed by atoms with van der Waals surface area (Å²) in [5.41, 5.74) is 8.98. The topological polar surface area (TPSA) is 26.0 Å². The highest BCUT2D eigenvalue weighted by molar-refractivity contribution is 9.10. The van der Waals surface area contributed by atoms with Gasteiger partial charge in [-0.15, -0.1) is 0 Å². The van der Waals surface area contributed by atoms with Gasteiger partial charge in [-0.2, -0.15) is 0 Å². The lowest BCUT2D eigenvalue weighted by atomic mass is 9.96. The molecular formula is C15H14BrClFN. The molecule has 0 amide bonds. The van der Waals surface area contributed by atoms with E-state index in [0.29, 0.717) is 11.4 Å². The lowest BCUT2D eigenvalue weighted by molar-refractivity contribution is 0.621. The molecule has 0 heterocycles. The average Bonchev–Trinajstić information content (AvgIpc) is 2.33. The molecule has 0 radical (unpaired) electrons. The molecule has 2 rings (SSSR count). The Morgan fingerprint density at radius 1 is 1.26 bits per heavy atom. The van der Waals surface area contributed by atoms with Crippen molar-refractivity contribution in [1.29, 1.82) is 0 Å². The van der Waals surface area contributed by atoms with Crippen LogP contribution < -0.4 is 5.73 Å². The Hall–Kier alpha value is -0.900. The standard InChI is InChI=1S/C15H14BrClFN/c1-9-2-4-12(18)6-10(9)7-15(19)13-5-3-11(16)8-14(13)17/h2-6,8,15H,7,19H2,1H3. The second-order valence-electron chi connectivity index (χ2n) is 4.55. The molecule has 2 N–H and O–H groups in total. The highest BCUT2D eigenvalue weighted by Crippen LogP contribution is 2.28. The third-order valence-corrected chi connectivity index (χ3v) is 3.93. The van der Waals surface area contributed by atoms with E-state index in [-0.39, 0.29) is 11.9 Å². The molecule has 19 heavy (non-hydrogen) atoms. The first-order valence-electron chi connectivity index (χ1n) is 5.93. The summed E-state index contributed by atoms with van der Waals surface area (Å²) in [5, 5.41) is 0.621. The molecule has 0 bridgehead atoms. The third-order valence-electron chi connectivity index (χ3n) is 3.11. The van der Waals surface area contributed by atoms with Crippen LogP contribution in [0.1, 0.15) is 22.7 Å². The van der Waals surface area contributed by atoms with E-state index < -0.39 is 0 Å². The Kier molecular flexibility index (Phi) is 4.61. The van der Waals surface area contributed by atoms with Crippen LogP contribution in [0.25, 0.3) is 0 Å². The molecule has 1 unspecified atom stereocenters. The number of nitrogens with two attached hydrogens (primary N) is 1. The number of aryl methyl sites for hydroxylation is 1. The SMILES string of the molecule is Cc1ccc(F)cc1CC(N)c1ccc(Br)cc1Cl. The summed E-state index contributed by atoms with van der Waals surface area (Å²) in [6.07, 6.45) is 0.560. The lowest BCUT2D eigenvalue weighted by Crippen LogP contribution is -2.14. The van der Waals surface area contributed by atoms with Crippen LogP contribution in [0.15, 0.2) is 40.9 Å². The van der Waals surface area contributed by atoms with Gasteiger partial charge in [0, 0.05) is 15.5 Å². The van der Waals surface area contributed by atoms with E-state index in [0.717, 1.165) is 21.2 Å². The molecule has 100 valence electrons. The average molecular weight is 343 g/mol. The Balaban J connectivity index is 2.25. The van der Waals surface area contributed by atoms with Gasteiger partial charge in [-0.1, -0.05) is 39.7 Å². The maximum atomic E-state index is 13.3. The summed E-state index contributed by atoms with van der Waals surface area (Å²) < 4.78 is 14.2. The first-order valence-corrected chi connectivity index (χ1v) is 7.10. The maximum absolute atomic E-state index is 13.3. The molecule has 1 atom stereocenters. The third kappa shape index (κ3) is 3.56. The number of hydrogen-bond acceptors (Lipinski definition) is 1. The molecule has 0 aliphatic heterocycles. The molecule has 2 aromatic rings. The number of halogens is 3. The highest BCUT2D eigenvalue weighted by Gasteiger charge is 2.13. The van der Waals surface area contributed by atoms with Crippen molar-refractivity contribution in [2.75, 3.05) is 0 Å². The van der Waals surface area contributed by atoms with Crippen LogP contribution in [0, 0.1) is 12.7 Å². The summed E-state index contributed by atoms with van der Waals surface area (Å²) >= 11 is 9.54. The van der Waals surface area contributed by atoms with Gasteiger partial charge in [0.05, 0.1) is 0 Å². The zero-order valence-corrected chi connectivity index (χ0v) is 12.8. The van der Waals surface area contributed by atoms with Gasteiger partial charge >= 0.3 is 0 Å². The first kappa shape index (κ1) is 14.5. The maximum Gasteiger partial charge on any atom is 0.123 e. The molecule has 0 aliphatic carbocycles. The van der Waals surface area contributed by atoms with Crippen molar-refractivity contribution < 1.29 is 4.39 Å². The van der Waals surface area contributed by atoms with Crippen molar-refractivity contribution >= 4 is 27.5 Å². The molecule has 4 heteroatoms. The summed E-state index contributed by atoms with van der Waals surface area (Å²) in [6, 6.07) is 10.1. The second kappa shape index (κ2) is 6.04. The van der Waals surface area contributed by atoms with E-state index in [1.807, 2.05) is 25.1 Å². The molecule has 0 saturated heterocycles. The monoisotopic (exact) mass is 341 g/mol. The largest absolute Gasteiger partial charge is 0.324 e. The fraction of sp³-hybridized carbons (Fsp3) is 0.200. The Labute approximate surface area is 125 Å². The Bertz CT molecular complexity index is 601. The highest BCUT2D eigenvalue weighted by atomic mass is 79.9.